The number of hydrogen-bond acceptors (Lipinski definition) is 7. The van der Waals surface area contributed by atoms with E-state index in [1.165, 1.54) is 7.11 Å². The van der Waals surface area contributed by atoms with Crippen molar-refractivity contribution in [2.24, 2.45) is 0 Å². The molecule has 1 unspecified atom stereocenters. The van der Waals surface area contributed by atoms with Crippen LogP contribution in [-0.4, -0.2) is 43.0 Å². The van der Waals surface area contributed by atoms with Crippen molar-refractivity contribution in [2.75, 3.05) is 13.7 Å². The largest absolute Gasteiger partial charge is 0.629 e. The van der Waals surface area contributed by atoms with Gasteiger partial charge in [-0.3, -0.25) is 0 Å². The van der Waals surface area contributed by atoms with E-state index in [0.29, 0.717) is 6.61 Å². The van der Waals surface area contributed by atoms with Gasteiger partial charge in [-0.2, -0.15) is 4.52 Å². The van der Waals surface area contributed by atoms with E-state index in [-0.39, 0.29) is 19.8 Å². The molecule has 1 aliphatic heterocycles. The quantitative estimate of drug-likeness (QED) is 0.402. The molecular formula is C27H31O7P. The first kappa shape index (κ1) is 25.9. The van der Waals surface area contributed by atoms with E-state index >= 15 is 0 Å². The summed E-state index contributed by atoms with van der Waals surface area (Å²) in [6.07, 6.45) is -2.48. The third kappa shape index (κ3) is 6.94. The van der Waals surface area contributed by atoms with Crippen molar-refractivity contribution in [3.05, 3.63) is 108 Å². The van der Waals surface area contributed by atoms with E-state index in [4.69, 9.17) is 23.3 Å². The smallest absolute Gasteiger partial charge is 0.270 e. The molecule has 1 N–H and O–H groups in total. The molecule has 3 aromatic rings. The zero-order valence-electron chi connectivity index (χ0n) is 19.6. The van der Waals surface area contributed by atoms with Gasteiger partial charge in [0, 0.05) is 0 Å². The van der Waals surface area contributed by atoms with Gasteiger partial charge in [0.25, 0.3) is 7.94 Å². The van der Waals surface area contributed by atoms with Gasteiger partial charge in [-0.05, 0) is 16.7 Å². The van der Waals surface area contributed by atoms with E-state index in [0.717, 1.165) is 16.7 Å². The van der Waals surface area contributed by atoms with Gasteiger partial charge >= 0.3 is 0 Å². The summed E-state index contributed by atoms with van der Waals surface area (Å²) in [5.41, 5.74) is 2.86. The van der Waals surface area contributed by atoms with Crippen molar-refractivity contribution in [1.82, 2.24) is 0 Å². The summed E-state index contributed by atoms with van der Waals surface area (Å²) in [6.45, 7) is 0.898. The molecule has 1 saturated heterocycles. The van der Waals surface area contributed by atoms with Gasteiger partial charge in [0.05, 0.1) is 33.5 Å². The van der Waals surface area contributed by atoms with Gasteiger partial charge in [0.15, 0.2) is 12.2 Å². The molecule has 7 nitrogen and oxygen atoms in total. The summed E-state index contributed by atoms with van der Waals surface area (Å²) in [6, 6.07) is 29.0. The fourth-order valence-electron chi connectivity index (χ4n) is 3.93. The van der Waals surface area contributed by atoms with Gasteiger partial charge in [0.2, 0.25) is 5.85 Å². The molecule has 8 heteroatoms. The maximum absolute atomic E-state index is 13.3. The van der Waals surface area contributed by atoms with Crippen LogP contribution in [0.1, 0.15) is 16.7 Å². The molecule has 1 heterocycles. The Kier molecular flexibility index (Phi) is 9.38. The Morgan fingerprint density at radius 3 is 1.69 bits per heavy atom. The number of benzene rings is 3. The van der Waals surface area contributed by atoms with Gasteiger partial charge in [0.1, 0.15) is 6.10 Å². The fourth-order valence-corrected chi connectivity index (χ4v) is 5.53. The lowest BCUT2D eigenvalue weighted by molar-refractivity contribution is -0.268. The van der Waals surface area contributed by atoms with Crippen molar-refractivity contribution >= 4 is 7.94 Å². The maximum Gasteiger partial charge on any atom is 0.270 e. The molecule has 0 aliphatic carbocycles. The summed E-state index contributed by atoms with van der Waals surface area (Å²) < 4.78 is 29.2. The number of rotatable bonds is 11. The zero-order valence-corrected chi connectivity index (χ0v) is 20.5. The van der Waals surface area contributed by atoms with Crippen LogP contribution in [0.15, 0.2) is 91.0 Å². The minimum atomic E-state index is -3.89. The molecule has 186 valence electrons. The standard InChI is InChI=1S/C27H31O7P/c1-30-35(29)27(28)26(33-19-23-15-9-4-10-16-23)25(32-18-22-13-7-3-8-14-22)24(34-35)20-31-17-21-11-5-2-6-12-21/h2-16,24-28H,17-20H2,1H3/t24-,25-,26+,27+,35?/m1/s1. The average Bonchev–Trinajstić information content (AvgIpc) is 2.91. The summed E-state index contributed by atoms with van der Waals surface area (Å²) in [4.78, 5) is 13.3. The van der Waals surface area contributed by atoms with Crippen molar-refractivity contribution < 1.29 is 33.3 Å². The summed E-state index contributed by atoms with van der Waals surface area (Å²) in [7, 11) is -2.64. The van der Waals surface area contributed by atoms with E-state index in [9.17, 15) is 10.00 Å². The van der Waals surface area contributed by atoms with Gasteiger partial charge in [-0.15, -0.1) is 0 Å². The van der Waals surface area contributed by atoms with Crippen LogP contribution in [0.5, 0.6) is 0 Å². The lowest BCUT2D eigenvalue weighted by atomic mass is 10.1. The van der Waals surface area contributed by atoms with E-state index in [1.54, 1.807) is 0 Å². The molecule has 0 bridgehead atoms. The van der Waals surface area contributed by atoms with Crippen molar-refractivity contribution in [1.29, 1.82) is 0 Å². The van der Waals surface area contributed by atoms with Crippen LogP contribution >= 0.6 is 7.94 Å². The van der Waals surface area contributed by atoms with Crippen LogP contribution in [0.4, 0.5) is 0 Å². The Balaban J connectivity index is 1.53. The molecule has 5 atom stereocenters. The second-order valence-electron chi connectivity index (χ2n) is 8.30. The van der Waals surface area contributed by atoms with E-state index in [2.05, 4.69) is 0 Å². The summed E-state index contributed by atoms with van der Waals surface area (Å²) >= 11 is 0. The Labute approximate surface area is 206 Å². The third-order valence-corrected chi connectivity index (χ3v) is 7.82. The second-order valence-corrected chi connectivity index (χ2v) is 10.5. The summed E-state index contributed by atoms with van der Waals surface area (Å²) in [5, 5.41) is 11.0. The van der Waals surface area contributed by atoms with E-state index in [1.807, 2.05) is 91.0 Å². The Bertz CT molecular complexity index is 1010. The van der Waals surface area contributed by atoms with Gasteiger partial charge in [-0.1, -0.05) is 91.0 Å². The minimum Gasteiger partial charge on any atom is -0.629 e. The van der Waals surface area contributed by atoms with Gasteiger partial charge in [-0.25, -0.2) is 4.52 Å². The van der Waals surface area contributed by atoms with Crippen molar-refractivity contribution in [2.45, 2.75) is 44.0 Å². The monoisotopic (exact) mass is 498 g/mol. The van der Waals surface area contributed by atoms with Crippen molar-refractivity contribution in [3.63, 3.8) is 0 Å². The Morgan fingerprint density at radius 1 is 0.743 bits per heavy atom. The van der Waals surface area contributed by atoms with Crippen LogP contribution in [0.25, 0.3) is 0 Å². The molecule has 4 rings (SSSR count). The highest BCUT2D eigenvalue weighted by Gasteiger charge is 2.58. The fraction of sp³-hybridized carbons (Fsp3) is 0.333. The van der Waals surface area contributed by atoms with Crippen LogP contribution in [0, 0.1) is 0 Å². The minimum absolute atomic E-state index is 0.0830. The highest BCUT2D eigenvalue weighted by atomic mass is 31.2. The first-order chi connectivity index (χ1) is 17.1. The zero-order chi connectivity index (χ0) is 24.5. The molecule has 1 aliphatic rings. The van der Waals surface area contributed by atoms with Crippen LogP contribution in [-0.2, 0) is 43.1 Å². The molecule has 0 radical (unpaired) electrons. The molecule has 0 amide bonds. The van der Waals surface area contributed by atoms with Gasteiger partial charge < -0.3 is 24.2 Å². The molecule has 3 aromatic carbocycles. The predicted octanol–water partition coefficient (Wildman–Crippen LogP) is 3.86. The molecule has 0 aromatic heterocycles. The van der Waals surface area contributed by atoms with Crippen LogP contribution in [0.2, 0.25) is 0 Å². The first-order valence-corrected chi connectivity index (χ1v) is 13.1. The topological polar surface area (TPSA) is 89.4 Å². The van der Waals surface area contributed by atoms with Crippen LogP contribution in [0.3, 0.4) is 0 Å². The number of hydrogen-bond donors (Lipinski definition) is 1. The lowest BCUT2D eigenvalue weighted by Crippen LogP contribution is -2.57. The maximum atomic E-state index is 13.3. The third-order valence-electron chi connectivity index (χ3n) is 5.81. The van der Waals surface area contributed by atoms with Crippen LogP contribution < -0.4 is 4.89 Å². The second kappa shape index (κ2) is 12.7. The predicted molar refractivity (Wildman–Crippen MR) is 131 cm³/mol. The molecule has 1 fully saturated rings. The average molecular weight is 499 g/mol. The number of ether oxygens (including phenoxy) is 3. The van der Waals surface area contributed by atoms with E-state index < -0.39 is 32.1 Å². The molecular weight excluding hydrogens is 467 g/mol. The first-order valence-electron chi connectivity index (χ1n) is 11.5. The lowest BCUT2D eigenvalue weighted by Gasteiger charge is -2.45. The van der Waals surface area contributed by atoms with Crippen molar-refractivity contribution in [3.8, 4) is 0 Å². The number of aliphatic hydroxyl groups is 1. The Hall–Kier alpha value is -2.19. The number of aliphatic hydroxyl groups excluding tert-OH is 1. The SMILES string of the molecule is CO[P+]1([O-])O[C@H](COCc2ccccc2)[C@@H](OCc2ccccc2)[C@H](OCc2ccccc2)[C@H]1O. The Morgan fingerprint density at radius 2 is 1.20 bits per heavy atom. The summed E-state index contributed by atoms with van der Waals surface area (Å²) in [5.74, 6) is -1.51. The molecule has 0 spiro atoms. The highest BCUT2D eigenvalue weighted by Crippen LogP contribution is 2.61. The molecule has 35 heavy (non-hydrogen) atoms. The normalized spacial score (nSPS) is 26.5. The highest BCUT2D eigenvalue weighted by molar-refractivity contribution is 7.59. The molecule has 0 saturated carbocycles.